The lowest BCUT2D eigenvalue weighted by Gasteiger charge is -2.12. The third-order valence-electron chi connectivity index (χ3n) is 2.86. The predicted octanol–water partition coefficient (Wildman–Crippen LogP) is 4.03. The van der Waals surface area contributed by atoms with Crippen molar-refractivity contribution >= 4 is 40.2 Å². The van der Waals surface area contributed by atoms with E-state index in [1.165, 1.54) is 22.1 Å². The molecule has 0 amide bonds. The smallest absolute Gasteiger partial charge is 0.143 e. The summed E-state index contributed by atoms with van der Waals surface area (Å²) in [7, 11) is 0. The zero-order chi connectivity index (χ0) is 13.0. The van der Waals surface area contributed by atoms with E-state index in [2.05, 4.69) is 46.7 Å². The monoisotopic (exact) mass is 377 g/mol. The van der Waals surface area contributed by atoms with Crippen LogP contribution in [0.5, 0.6) is 0 Å². The maximum absolute atomic E-state index is 4.76. The second-order valence-electron chi connectivity index (χ2n) is 4.53. The molecule has 1 aliphatic rings. The van der Waals surface area contributed by atoms with Crippen LogP contribution >= 0.6 is 34.4 Å². The van der Waals surface area contributed by atoms with Gasteiger partial charge in [-0.05, 0) is 47.6 Å². The highest BCUT2D eigenvalue weighted by Gasteiger charge is 2.29. The number of hydrogen-bond donors (Lipinski definition) is 1. The molecule has 0 aromatic carbocycles. The molecule has 0 saturated heterocycles. The van der Waals surface area contributed by atoms with Crippen LogP contribution in [0.2, 0.25) is 0 Å². The molecule has 0 radical (unpaired) electrons. The highest BCUT2D eigenvalue weighted by Crippen LogP contribution is 2.42. The van der Waals surface area contributed by atoms with Gasteiger partial charge < -0.3 is 5.32 Å². The molecular formula is C13H20IN3S. The average molecular weight is 377 g/mol. The van der Waals surface area contributed by atoms with E-state index in [1.54, 1.807) is 0 Å². The van der Waals surface area contributed by atoms with E-state index in [0.29, 0.717) is 5.92 Å². The van der Waals surface area contributed by atoms with Gasteiger partial charge in [-0.1, -0.05) is 13.8 Å². The maximum atomic E-state index is 4.76. The summed E-state index contributed by atoms with van der Waals surface area (Å²) in [6, 6.07) is 0. The van der Waals surface area contributed by atoms with Crippen LogP contribution in [-0.2, 0) is 5.75 Å². The lowest BCUT2D eigenvalue weighted by Crippen LogP contribution is -2.10. The Balaban J connectivity index is 2.22. The molecule has 5 heteroatoms. The Kier molecular flexibility index (Phi) is 5.54. The molecule has 1 heterocycles. The third kappa shape index (κ3) is 3.73. The molecule has 1 aromatic heterocycles. The Morgan fingerprint density at radius 2 is 2.11 bits per heavy atom. The van der Waals surface area contributed by atoms with Gasteiger partial charge in [0.15, 0.2) is 0 Å². The van der Waals surface area contributed by atoms with E-state index in [0.717, 1.165) is 36.1 Å². The minimum atomic E-state index is 0.687. The number of anilines is 1. The van der Waals surface area contributed by atoms with Crippen molar-refractivity contribution in [1.82, 2.24) is 9.97 Å². The first-order chi connectivity index (χ1) is 8.76. The van der Waals surface area contributed by atoms with Gasteiger partial charge in [-0.25, -0.2) is 9.97 Å². The number of halogens is 1. The van der Waals surface area contributed by atoms with Crippen molar-refractivity contribution in [3.8, 4) is 0 Å². The number of nitrogens with one attached hydrogen (secondary N) is 1. The van der Waals surface area contributed by atoms with Crippen molar-refractivity contribution in [2.75, 3.05) is 17.6 Å². The van der Waals surface area contributed by atoms with Crippen LogP contribution in [0.1, 0.15) is 50.5 Å². The summed E-state index contributed by atoms with van der Waals surface area (Å²) in [6.45, 7) is 5.34. The van der Waals surface area contributed by atoms with Gasteiger partial charge in [-0.2, -0.15) is 11.8 Å². The van der Waals surface area contributed by atoms with Crippen molar-refractivity contribution in [2.24, 2.45) is 0 Å². The third-order valence-corrected chi connectivity index (χ3v) is 4.80. The second-order valence-corrected chi connectivity index (χ2v) is 6.88. The molecule has 0 spiro atoms. The van der Waals surface area contributed by atoms with Gasteiger partial charge in [0.2, 0.25) is 0 Å². The number of nitrogens with zero attached hydrogens (tertiary/aromatic N) is 2. The van der Waals surface area contributed by atoms with E-state index in [1.807, 2.05) is 11.8 Å². The fourth-order valence-corrected chi connectivity index (χ4v) is 3.15. The van der Waals surface area contributed by atoms with Crippen LogP contribution in [0.3, 0.4) is 0 Å². The van der Waals surface area contributed by atoms with Gasteiger partial charge in [0, 0.05) is 12.5 Å². The number of aromatic nitrogens is 2. The van der Waals surface area contributed by atoms with Gasteiger partial charge in [-0.15, -0.1) is 0 Å². The topological polar surface area (TPSA) is 37.8 Å². The summed E-state index contributed by atoms with van der Waals surface area (Å²) in [4.78, 5) is 9.43. The number of hydrogen-bond acceptors (Lipinski definition) is 4. The maximum Gasteiger partial charge on any atom is 0.143 e. The summed E-state index contributed by atoms with van der Waals surface area (Å²) < 4.78 is 1.23. The van der Waals surface area contributed by atoms with Gasteiger partial charge >= 0.3 is 0 Å². The van der Waals surface area contributed by atoms with Crippen molar-refractivity contribution in [3.63, 3.8) is 0 Å². The molecule has 1 aliphatic carbocycles. The Morgan fingerprint density at radius 1 is 1.33 bits per heavy atom. The normalized spacial score (nSPS) is 14.8. The van der Waals surface area contributed by atoms with Crippen molar-refractivity contribution < 1.29 is 0 Å². The molecule has 1 N–H and O–H groups in total. The molecule has 0 atom stereocenters. The van der Waals surface area contributed by atoms with Crippen molar-refractivity contribution in [3.05, 3.63) is 15.1 Å². The molecule has 1 saturated carbocycles. The van der Waals surface area contributed by atoms with Crippen LogP contribution in [-0.4, -0.2) is 22.3 Å². The van der Waals surface area contributed by atoms with Crippen molar-refractivity contribution in [1.29, 1.82) is 0 Å². The Labute approximate surface area is 127 Å². The minimum absolute atomic E-state index is 0.687. The number of rotatable bonds is 7. The lowest BCUT2D eigenvalue weighted by atomic mass is 10.2. The van der Waals surface area contributed by atoms with E-state index in [-0.39, 0.29) is 0 Å². The van der Waals surface area contributed by atoms with Crippen LogP contribution in [0.15, 0.2) is 0 Å². The zero-order valence-electron chi connectivity index (χ0n) is 11.0. The second kappa shape index (κ2) is 6.93. The van der Waals surface area contributed by atoms with Gasteiger partial charge in [0.1, 0.15) is 11.6 Å². The summed E-state index contributed by atoms with van der Waals surface area (Å²) in [5.41, 5.74) is 1.27. The van der Waals surface area contributed by atoms with Crippen LogP contribution in [0.25, 0.3) is 0 Å². The molecule has 1 aromatic rings. The Bertz CT molecular complexity index is 407. The number of thioether (sulfide) groups is 1. The Morgan fingerprint density at radius 3 is 2.72 bits per heavy atom. The molecule has 1 fully saturated rings. The van der Waals surface area contributed by atoms with Gasteiger partial charge in [-0.3, -0.25) is 0 Å². The Hall–Kier alpha value is -0.0400. The van der Waals surface area contributed by atoms with Gasteiger partial charge in [0.05, 0.1) is 15.0 Å². The van der Waals surface area contributed by atoms with E-state index in [9.17, 15) is 0 Å². The standard InChI is InChI=1S/C13H20IN3S/c1-3-7-15-13-11(14)12(9-5-6-9)16-10(17-13)8-18-4-2/h9H,3-8H2,1-2H3,(H,15,16,17). The van der Waals surface area contributed by atoms with Crippen LogP contribution in [0.4, 0.5) is 5.82 Å². The molecular weight excluding hydrogens is 357 g/mol. The molecule has 0 aliphatic heterocycles. The van der Waals surface area contributed by atoms with E-state index >= 15 is 0 Å². The quantitative estimate of drug-likeness (QED) is 0.728. The van der Waals surface area contributed by atoms with Crippen LogP contribution < -0.4 is 5.32 Å². The first-order valence-corrected chi connectivity index (χ1v) is 8.87. The first kappa shape index (κ1) is 14.4. The molecule has 3 nitrogen and oxygen atoms in total. The molecule has 18 heavy (non-hydrogen) atoms. The first-order valence-electron chi connectivity index (χ1n) is 6.64. The summed E-state index contributed by atoms with van der Waals surface area (Å²) in [5.74, 6) is 4.76. The fourth-order valence-electron chi connectivity index (χ4n) is 1.76. The fraction of sp³-hybridized carbons (Fsp3) is 0.692. The molecule has 0 bridgehead atoms. The molecule has 0 unspecified atom stereocenters. The molecule has 100 valence electrons. The highest BCUT2D eigenvalue weighted by atomic mass is 127. The minimum Gasteiger partial charge on any atom is -0.369 e. The summed E-state index contributed by atoms with van der Waals surface area (Å²) >= 11 is 4.28. The van der Waals surface area contributed by atoms with E-state index < -0.39 is 0 Å². The molecule has 2 rings (SSSR count). The van der Waals surface area contributed by atoms with Crippen molar-refractivity contribution in [2.45, 2.75) is 44.8 Å². The highest BCUT2D eigenvalue weighted by molar-refractivity contribution is 14.1. The largest absolute Gasteiger partial charge is 0.369 e. The average Bonchev–Trinajstić information content (AvgIpc) is 3.20. The summed E-state index contributed by atoms with van der Waals surface area (Å²) in [6.07, 6.45) is 3.71. The summed E-state index contributed by atoms with van der Waals surface area (Å²) in [5, 5.41) is 3.43. The van der Waals surface area contributed by atoms with Gasteiger partial charge in [0.25, 0.3) is 0 Å². The van der Waals surface area contributed by atoms with Crippen LogP contribution in [0, 0.1) is 3.57 Å². The lowest BCUT2D eigenvalue weighted by molar-refractivity contribution is 0.900. The SMILES string of the molecule is CCCNc1nc(CSCC)nc(C2CC2)c1I. The zero-order valence-corrected chi connectivity index (χ0v) is 14.0. The predicted molar refractivity (Wildman–Crippen MR) is 87.3 cm³/mol. The van der Waals surface area contributed by atoms with E-state index in [4.69, 9.17) is 4.98 Å².